The van der Waals surface area contributed by atoms with Gasteiger partial charge in [0.15, 0.2) is 6.29 Å². The van der Waals surface area contributed by atoms with E-state index in [1.807, 2.05) is 0 Å². The fraction of sp³-hybridized carbons (Fsp3) is 0.400. The van der Waals surface area contributed by atoms with Crippen LogP contribution in [0, 0.1) is 11.7 Å². The Labute approximate surface area is 156 Å². The summed E-state index contributed by atoms with van der Waals surface area (Å²) in [7, 11) is 1.41. The van der Waals surface area contributed by atoms with E-state index in [9.17, 15) is 14.0 Å². The first-order valence-electron chi connectivity index (χ1n) is 8.89. The van der Waals surface area contributed by atoms with Crippen molar-refractivity contribution in [2.24, 2.45) is 5.92 Å². The molecule has 1 saturated carbocycles. The van der Waals surface area contributed by atoms with E-state index in [4.69, 9.17) is 9.47 Å². The van der Waals surface area contributed by atoms with Gasteiger partial charge in [-0.15, -0.1) is 0 Å². The van der Waals surface area contributed by atoms with Crippen LogP contribution in [0.3, 0.4) is 0 Å². The molecule has 2 aromatic rings. The van der Waals surface area contributed by atoms with Gasteiger partial charge in [0.1, 0.15) is 11.9 Å². The molecule has 142 valence electrons. The van der Waals surface area contributed by atoms with Crippen molar-refractivity contribution in [1.82, 2.24) is 9.97 Å². The van der Waals surface area contributed by atoms with E-state index in [2.05, 4.69) is 9.97 Å². The lowest BCUT2D eigenvalue weighted by Crippen LogP contribution is -2.25. The van der Waals surface area contributed by atoms with Gasteiger partial charge < -0.3 is 9.47 Å². The highest BCUT2D eigenvalue weighted by atomic mass is 19.1. The summed E-state index contributed by atoms with van der Waals surface area (Å²) < 4.78 is 24.3. The van der Waals surface area contributed by atoms with Gasteiger partial charge in [0, 0.05) is 12.0 Å². The zero-order valence-corrected chi connectivity index (χ0v) is 15.1. The van der Waals surface area contributed by atoms with E-state index in [1.54, 1.807) is 6.07 Å². The van der Waals surface area contributed by atoms with Crippen LogP contribution in [0.25, 0.3) is 11.3 Å². The zero-order chi connectivity index (χ0) is 19.2. The highest BCUT2D eigenvalue weighted by Gasteiger charge is 2.24. The molecular weight excluding hydrogens is 351 g/mol. The molecular formula is C20H21FN2O4. The molecule has 3 rings (SSSR count). The van der Waals surface area contributed by atoms with Crippen molar-refractivity contribution >= 4 is 12.3 Å². The van der Waals surface area contributed by atoms with E-state index in [-0.39, 0.29) is 17.6 Å². The summed E-state index contributed by atoms with van der Waals surface area (Å²) in [6.45, 7) is 0. The van der Waals surface area contributed by atoms with E-state index in [1.165, 1.54) is 31.6 Å². The maximum absolute atomic E-state index is 13.7. The summed E-state index contributed by atoms with van der Waals surface area (Å²) in [5.41, 5.74) is 1.05. The molecule has 1 aromatic carbocycles. The maximum atomic E-state index is 13.7. The van der Waals surface area contributed by atoms with E-state index >= 15 is 0 Å². The van der Waals surface area contributed by atoms with Gasteiger partial charge >= 0.3 is 5.97 Å². The second kappa shape index (κ2) is 8.70. The third-order valence-corrected chi connectivity index (χ3v) is 4.82. The molecule has 0 saturated heterocycles. The number of hydrogen-bond acceptors (Lipinski definition) is 6. The SMILES string of the molecule is COC(=O)C[C@H]1CC[C@H](Oc2cnc(-c3ccc(C=O)c(F)c3)cn2)CC1. The first-order chi connectivity index (χ1) is 13.1. The number of rotatable bonds is 6. The minimum atomic E-state index is -0.589. The number of ether oxygens (including phenoxy) is 2. The van der Waals surface area contributed by atoms with E-state index in [0.717, 1.165) is 25.7 Å². The van der Waals surface area contributed by atoms with Crippen LogP contribution in [-0.2, 0) is 9.53 Å². The van der Waals surface area contributed by atoms with Crippen LogP contribution < -0.4 is 4.74 Å². The normalized spacial score (nSPS) is 19.3. The summed E-state index contributed by atoms with van der Waals surface area (Å²) in [6, 6.07) is 4.30. The third-order valence-electron chi connectivity index (χ3n) is 4.82. The molecule has 27 heavy (non-hydrogen) atoms. The molecule has 0 unspecified atom stereocenters. The fourth-order valence-corrected chi connectivity index (χ4v) is 3.25. The quantitative estimate of drug-likeness (QED) is 0.569. The molecule has 1 aliphatic carbocycles. The maximum Gasteiger partial charge on any atom is 0.305 e. The van der Waals surface area contributed by atoms with Crippen molar-refractivity contribution in [1.29, 1.82) is 0 Å². The minimum Gasteiger partial charge on any atom is -0.473 e. The van der Waals surface area contributed by atoms with E-state index < -0.39 is 5.82 Å². The van der Waals surface area contributed by atoms with Crippen LogP contribution >= 0.6 is 0 Å². The highest BCUT2D eigenvalue weighted by Crippen LogP contribution is 2.29. The lowest BCUT2D eigenvalue weighted by molar-refractivity contribution is -0.142. The monoisotopic (exact) mass is 372 g/mol. The number of halogens is 1. The van der Waals surface area contributed by atoms with Crippen molar-refractivity contribution in [3.8, 4) is 17.1 Å². The summed E-state index contributed by atoms with van der Waals surface area (Å²) in [5.74, 6) is 0.00178. The number of esters is 1. The number of benzene rings is 1. The summed E-state index contributed by atoms with van der Waals surface area (Å²) in [4.78, 5) is 30.6. The Morgan fingerprint density at radius 1 is 1.22 bits per heavy atom. The average Bonchev–Trinajstić information content (AvgIpc) is 2.70. The Bertz CT molecular complexity index is 802. The second-order valence-electron chi connectivity index (χ2n) is 6.63. The second-order valence-corrected chi connectivity index (χ2v) is 6.63. The van der Waals surface area contributed by atoms with Gasteiger partial charge in [-0.3, -0.25) is 9.59 Å². The molecule has 6 nitrogen and oxygen atoms in total. The van der Waals surface area contributed by atoms with Crippen molar-refractivity contribution in [3.63, 3.8) is 0 Å². The molecule has 0 atom stereocenters. The molecule has 0 N–H and O–H groups in total. The first kappa shape index (κ1) is 18.9. The molecule has 1 aliphatic rings. The van der Waals surface area contributed by atoms with Crippen LogP contribution in [0.4, 0.5) is 4.39 Å². The number of carbonyl (C=O) groups excluding carboxylic acids is 2. The van der Waals surface area contributed by atoms with Gasteiger partial charge in [-0.2, -0.15) is 0 Å². The van der Waals surface area contributed by atoms with Gasteiger partial charge in [0.05, 0.1) is 30.8 Å². The number of carbonyl (C=O) groups is 2. The Morgan fingerprint density at radius 2 is 2.00 bits per heavy atom. The lowest BCUT2D eigenvalue weighted by atomic mass is 9.85. The van der Waals surface area contributed by atoms with Crippen LogP contribution in [0.15, 0.2) is 30.6 Å². The summed E-state index contributed by atoms with van der Waals surface area (Å²) >= 11 is 0. The molecule has 7 heteroatoms. The largest absolute Gasteiger partial charge is 0.473 e. The average molecular weight is 372 g/mol. The van der Waals surface area contributed by atoms with Crippen molar-refractivity contribution in [2.75, 3.05) is 7.11 Å². The standard InChI is InChI=1S/C20H21FN2O4/c1-26-20(25)8-13-2-6-16(7-3-13)27-19-11-22-18(10-23-19)14-4-5-15(12-24)17(21)9-14/h4-5,9-13,16H,2-3,6-8H2,1H3/t13-,16-. The van der Waals surface area contributed by atoms with Crippen LogP contribution in [0.5, 0.6) is 5.88 Å². The van der Waals surface area contributed by atoms with Gasteiger partial charge in [-0.1, -0.05) is 6.07 Å². The van der Waals surface area contributed by atoms with Crippen LogP contribution in [-0.4, -0.2) is 35.4 Å². The smallest absolute Gasteiger partial charge is 0.305 e. The van der Waals surface area contributed by atoms with Gasteiger partial charge in [-0.25, -0.2) is 14.4 Å². The Balaban J connectivity index is 1.56. The van der Waals surface area contributed by atoms with Gasteiger partial charge in [0.25, 0.3) is 0 Å². The van der Waals surface area contributed by atoms with Crippen molar-refractivity contribution in [2.45, 2.75) is 38.2 Å². The number of methoxy groups -OCH3 is 1. The predicted octanol–water partition coefficient (Wildman–Crippen LogP) is 3.60. The summed E-state index contributed by atoms with van der Waals surface area (Å²) in [5, 5.41) is 0. The topological polar surface area (TPSA) is 78.4 Å². The van der Waals surface area contributed by atoms with Crippen LogP contribution in [0.1, 0.15) is 42.5 Å². The Kier molecular flexibility index (Phi) is 6.11. The summed E-state index contributed by atoms with van der Waals surface area (Å²) in [6.07, 6.45) is 7.53. The number of aromatic nitrogens is 2. The number of nitrogens with zero attached hydrogens (tertiary/aromatic N) is 2. The first-order valence-corrected chi connectivity index (χ1v) is 8.89. The molecule has 0 bridgehead atoms. The Hall–Kier alpha value is -2.83. The number of aldehydes is 1. The Morgan fingerprint density at radius 3 is 2.59 bits per heavy atom. The molecule has 0 aliphatic heterocycles. The van der Waals surface area contributed by atoms with Crippen molar-refractivity contribution in [3.05, 3.63) is 42.0 Å². The highest BCUT2D eigenvalue weighted by molar-refractivity contribution is 5.77. The third kappa shape index (κ3) is 4.87. The zero-order valence-electron chi connectivity index (χ0n) is 15.1. The predicted molar refractivity (Wildman–Crippen MR) is 95.8 cm³/mol. The van der Waals surface area contributed by atoms with Gasteiger partial charge in [-0.05, 0) is 43.7 Å². The molecule has 1 heterocycles. The molecule has 0 amide bonds. The molecule has 0 spiro atoms. The van der Waals surface area contributed by atoms with E-state index in [0.29, 0.717) is 35.8 Å². The number of hydrogen-bond donors (Lipinski definition) is 0. The van der Waals surface area contributed by atoms with Gasteiger partial charge in [0.2, 0.25) is 5.88 Å². The molecule has 1 aromatic heterocycles. The molecule has 1 fully saturated rings. The minimum absolute atomic E-state index is 0.00876. The fourth-order valence-electron chi connectivity index (χ4n) is 3.25. The molecule has 0 radical (unpaired) electrons. The van der Waals surface area contributed by atoms with Crippen molar-refractivity contribution < 1.29 is 23.5 Å². The van der Waals surface area contributed by atoms with Crippen LogP contribution in [0.2, 0.25) is 0 Å². The lowest BCUT2D eigenvalue weighted by Gasteiger charge is -2.27.